The van der Waals surface area contributed by atoms with Crippen LogP contribution in [0.4, 0.5) is 4.79 Å². The van der Waals surface area contributed by atoms with Crippen LogP contribution in [0.15, 0.2) is 35.0 Å². The number of carbonyl (C=O) groups is 1. The van der Waals surface area contributed by atoms with Crippen LogP contribution in [-0.4, -0.2) is 20.3 Å². The molecule has 112 valence electrons. The Morgan fingerprint density at radius 2 is 1.76 bits per heavy atom. The van der Waals surface area contributed by atoms with Crippen molar-refractivity contribution in [1.82, 2.24) is 10.6 Å². The van der Waals surface area contributed by atoms with Gasteiger partial charge in [0.25, 0.3) is 0 Å². The molecule has 2 amide bonds. The quantitative estimate of drug-likeness (QED) is 0.863. The summed E-state index contributed by atoms with van der Waals surface area (Å²) >= 11 is 1.61. The number of nitrogens with one attached hydrogen (secondary N) is 2. The monoisotopic (exact) mass is 306 g/mol. The maximum absolute atomic E-state index is 11.7. The fraction of sp³-hybridized carbons (Fsp3) is 0.267. The molecule has 2 rings (SSSR count). The lowest BCUT2D eigenvalue weighted by Crippen LogP contribution is -2.34. The van der Waals surface area contributed by atoms with E-state index in [0.717, 1.165) is 11.1 Å². The SMILES string of the molecule is COc1ccc(CNC(=O)NCc2ccsc2)cc1OC. The molecule has 2 aromatic rings. The highest BCUT2D eigenvalue weighted by atomic mass is 32.1. The van der Waals surface area contributed by atoms with Crippen LogP contribution in [0.1, 0.15) is 11.1 Å². The third kappa shape index (κ3) is 4.39. The molecular formula is C15H18N2O3S. The molecule has 2 N–H and O–H groups in total. The molecule has 0 unspecified atom stereocenters. The number of carbonyl (C=O) groups excluding carboxylic acids is 1. The van der Waals surface area contributed by atoms with Gasteiger partial charge in [0, 0.05) is 13.1 Å². The van der Waals surface area contributed by atoms with Crippen molar-refractivity contribution in [2.24, 2.45) is 0 Å². The van der Waals surface area contributed by atoms with Crippen molar-refractivity contribution < 1.29 is 14.3 Å². The van der Waals surface area contributed by atoms with Crippen molar-refractivity contribution in [2.45, 2.75) is 13.1 Å². The van der Waals surface area contributed by atoms with E-state index in [1.165, 1.54) is 0 Å². The number of ether oxygens (including phenoxy) is 2. The van der Waals surface area contributed by atoms with Crippen molar-refractivity contribution in [3.8, 4) is 11.5 Å². The molecule has 0 fully saturated rings. The first-order chi connectivity index (χ1) is 10.2. The Labute approximate surface area is 127 Å². The van der Waals surface area contributed by atoms with E-state index in [-0.39, 0.29) is 6.03 Å². The summed E-state index contributed by atoms with van der Waals surface area (Å²) in [6, 6.07) is 7.34. The smallest absolute Gasteiger partial charge is 0.315 e. The van der Waals surface area contributed by atoms with Crippen molar-refractivity contribution >= 4 is 17.4 Å². The summed E-state index contributed by atoms with van der Waals surface area (Å²) in [4.78, 5) is 11.7. The standard InChI is InChI=1S/C15H18N2O3S/c1-19-13-4-3-11(7-14(13)20-2)8-16-15(18)17-9-12-5-6-21-10-12/h3-7,10H,8-9H2,1-2H3,(H2,16,17,18). The predicted octanol–water partition coefficient (Wildman–Crippen LogP) is 2.76. The molecule has 1 aromatic heterocycles. The van der Waals surface area contributed by atoms with E-state index in [1.807, 2.05) is 35.0 Å². The zero-order valence-corrected chi connectivity index (χ0v) is 12.8. The molecule has 0 aliphatic heterocycles. The number of amides is 2. The third-order valence-corrected chi connectivity index (χ3v) is 3.67. The normalized spacial score (nSPS) is 10.0. The Morgan fingerprint density at radius 3 is 2.38 bits per heavy atom. The van der Waals surface area contributed by atoms with Crippen molar-refractivity contribution in [3.05, 3.63) is 46.2 Å². The number of hydrogen-bond acceptors (Lipinski definition) is 4. The Bertz CT molecular complexity index is 585. The molecule has 0 bridgehead atoms. The van der Waals surface area contributed by atoms with Gasteiger partial charge >= 0.3 is 6.03 Å². The largest absolute Gasteiger partial charge is 0.493 e. The molecule has 0 saturated heterocycles. The lowest BCUT2D eigenvalue weighted by molar-refractivity contribution is 0.240. The average molecular weight is 306 g/mol. The number of thiophene rings is 1. The van der Waals surface area contributed by atoms with E-state index < -0.39 is 0 Å². The van der Waals surface area contributed by atoms with Crippen LogP contribution in [0.2, 0.25) is 0 Å². The minimum Gasteiger partial charge on any atom is -0.493 e. The predicted molar refractivity (Wildman–Crippen MR) is 82.9 cm³/mol. The summed E-state index contributed by atoms with van der Waals surface area (Å²) in [6.45, 7) is 0.955. The summed E-state index contributed by atoms with van der Waals surface area (Å²) < 4.78 is 10.4. The highest BCUT2D eigenvalue weighted by molar-refractivity contribution is 7.07. The second-order valence-electron chi connectivity index (χ2n) is 4.36. The van der Waals surface area contributed by atoms with Gasteiger partial charge in [-0.25, -0.2) is 4.79 Å². The number of methoxy groups -OCH3 is 2. The Morgan fingerprint density at radius 1 is 1.05 bits per heavy atom. The maximum Gasteiger partial charge on any atom is 0.315 e. The molecule has 21 heavy (non-hydrogen) atoms. The second kappa shape index (κ2) is 7.54. The van der Waals surface area contributed by atoms with Crippen LogP contribution in [-0.2, 0) is 13.1 Å². The lowest BCUT2D eigenvalue weighted by atomic mass is 10.2. The van der Waals surface area contributed by atoms with Gasteiger partial charge in [0.05, 0.1) is 14.2 Å². The fourth-order valence-corrected chi connectivity index (χ4v) is 2.48. The molecule has 0 aliphatic carbocycles. The van der Waals surface area contributed by atoms with Crippen molar-refractivity contribution in [3.63, 3.8) is 0 Å². The van der Waals surface area contributed by atoms with Gasteiger partial charge in [-0.2, -0.15) is 11.3 Å². The van der Waals surface area contributed by atoms with Crippen LogP contribution < -0.4 is 20.1 Å². The van der Waals surface area contributed by atoms with E-state index >= 15 is 0 Å². The lowest BCUT2D eigenvalue weighted by Gasteiger charge is -2.10. The van der Waals surface area contributed by atoms with E-state index in [0.29, 0.717) is 24.6 Å². The van der Waals surface area contributed by atoms with E-state index in [2.05, 4.69) is 10.6 Å². The first-order valence-electron chi connectivity index (χ1n) is 6.46. The molecule has 0 atom stereocenters. The summed E-state index contributed by atoms with van der Waals surface area (Å²) in [7, 11) is 3.18. The first-order valence-corrected chi connectivity index (χ1v) is 7.41. The zero-order valence-electron chi connectivity index (χ0n) is 12.0. The van der Waals surface area contributed by atoms with E-state index in [4.69, 9.17) is 9.47 Å². The van der Waals surface area contributed by atoms with Crippen LogP contribution >= 0.6 is 11.3 Å². The minimum atomic E-state index is -0.198. The third-order valence-electron chi connectivity index (χ3n) is 2.93. The van der Waals surface area contributed by atoms with Gasteiger partial charge in [-0.15, -0.1) is 0 Å². The summed E-state index contributed by atoms with van der Waals surface area (Å²) in [6.07, 6.45) is 0. The topological polar surface area (TPSA) is 59.6 Å². The summed E-state index contributed by atoms with van der Waals surface area (Å²) in [5.74, 6) is 1.32. The summed E-state index contributed by atoms with van der Waals surface area (Å²) in [5.41, 5.74) is 2.04. The van der Waals surface area contributed by atoms with E-state index in [1.54, 1.807) is 25.6 Å². The minimum absolute atomic E-state index is 0.198. The van der Waals surface area contributed by atoms with Gasteiger partial charge in [-0.3, -0.25) is 0 Å². The van der Waals surface area contributed by atoms with Gasteiger partial charge in [-0.1, -0.05) is 6.07 Å². The molecule has 5 nitrogen and oxygen atoms in total. The highest BCUT2D eigenvalue weighted by Gasteiger charge is 2.06. The zero-order chi connectivity index (χ0) is 15.1. The van der Waals surface area contributed by atoms with Crippen LogP contribution in [0.5, 0.6) is 11.5 Å². The van der Waals surface area contributed by atoms with Crippen LogP contribution in [0.25, 0.3) is 0 Å². The number of benzene rings is 1. The van der Waals surface area contributed by atoms with Gasteiger partial charge in [-0.05, 0) is 40.1 Å². The average Bonchev–Trinajstić information content (AvgIpc) is 3.04. The van der Waals surface area contributed by atoms with Crippen LogP contribution in [0.3, 0.4) is 0 Å². The van der Waals surface area contributed by atoms with Crippen molar-refractivity contribution in [1.29, 1.82) is 0 Å². The molecular weight excluding hydrogens is 288 g/mol. The molecule has 0 aliphatic rings. The van der Waals surface area contributed by atoms with Gasteiger partial charge in [0.2, 0.25) is 0 Å². The molecule has 0 radical (unpaired) electrons. The Balaban J connectivity index is 1.83. The van der Waals surface area contributed by atoms with Gasteiger partial charge in [0.15, 0.2) is 11.5 Å². The Kier molecular flexibility index (Phi) is 5.45. The Hall–Kier alpha value is -2.21. The number of rotatable bonds is 6. The highest BCUT2D eigenvalue weighted by Crippen LogP contribution is 2.27. The first kappa shape index (κ1) is 15.2. The number of urea groups is 1. The van der Waals surface area contributed by atoms with Gasteiger partial charge in [0.1, 0.15) is 0 Å². The van der Waals surface area contributed by atoms with Gasteiger partial charge < -0.3 is 20.1 Å². The second-order valence-corrected chi connectivity index (χ2v) is 5.14. The number of hydrogen-bond donors (Lipinski definition) is 2. The fourth-order valence-electron chi connectivity index (χ4n) is 1.81. The van der Waals surface area contributed by atoms with Crippen LogP contribution in [0, 0.1) is 0 Å². The van der Waals surface area contributed by atoms with Crippen molar-refractivity contribution in [2.75, 3.05) is 14.2 Å². The summed E-state index contributed by atoms with van der Waals surface area (Å²) in [5, 5.41) is 9.61. The maximum atomic E-state index is 11.7. The molecule has 6 heteroatoms. The molecule has 0 spiro atoms. The molecule has 1 aromatic carbocycles. The molecule has 1 heterocycles. The molecule has 0 saturated carbocycles. The van der Waals surface area contributed by atoms with E-state index in [9.17, 15) is 4.79 Å².